The summed E-state index contributed by atoms with van der Waals surface area (Å²) >= 11 is 0. The molecule has 2 N–H and O–H groups in total. The quantitative estimate of drug-likeness (QED) is 0.814. The van der Waals surface area contributed by atoms with E-state index in [1.165, 1.54) is 0 Å². The number of aryl methyl sites for hydroxylation is 1. The van der Waals surface area contributed by atoms with Gasteiger partial charge in [0.05, 0.1) is 36.6 Å². The van der Waals surface area contributed by atoms with Gasteiger partial charge in [-0.3, -0.25) is 9.69 Å². The molecule has 24 heavy (non-hydrogen) atoms. The summed E-state index contributed by atoms with van der Waals surface area (Å²) in [5.74, 6) is 1.09. The lowest BCUT2D eigenvalue weighted by molar-refractivity contribution is -0.105. The van der Waals surface area contributed by atoms with Gasteiger partial charge in [0.15, 0.2) is 0 Å². The second kappa shape index (κ2) is 6.74. The van der Waals surface area contributed by atoms with E-state index in [0.717, 1.165) is 18.7 Å². The molecule has 1 amide bonds. The number of hydrogen-bond acceptors (Lipinski definition) is 6. The highest BCUT2D eigenvalue weighted by molar-refractivity contribution is 5.94. The van der Waals surface area contributed by atoms with Crippen molar-refractivity contribution in [1.29, 1.82) is 0 Å². The van der Waals surface area contributed by atoms with Crippen LogP contribution in [0.25, 0.3) is 0 Å². The molecule has 0 spiro atoms. The van der Waals surface area contributed by atoms with Gasteiger partial charge >= 0.3 is 0 Å². The predicted octanol–water partition coefficient (Wildman–Crippen LogP) is 0.474. The lowest BCUT2D eigenvalue weighted by atomic mass is 9.96. The fourth-order valence-electron chi connectivity index (χ4n) is 3.08. The van der Waals surface area contributed by atoms with Crippen LogP contribution in [0.1, 0.15) is 47.6 Å². The van der Waals surface area contributed by atoms with Gasteiger partial charge < -0.3 is 15.2 Å². The molecule has 2 atom stereocenters. The predicted molar refractivity (Wildman–Crippen MR) is 88.9 cm³/mol. The minimum absolute atomic E-state index is 0.0791. The van der Waals surface area contributed by atoms with E-state index < -0.39 is 5.54 Å². The van der Waals surface area contributed by atoms with E-state index >= 15 is 0 Å². The molecule has 7 nitrogen and oxygen atoms in total. The normalized spacial score (nSPS) is 27.9. The molecule has 1 aliphatic heterocycles. The Labute approximate surface area is 142 Å². The van der Waals surface area contributed by atoms with Crippen molar-refractivity contribution in [3.05, 3.63) is 23.3 Å². The third kappa shape index (κ3) is 3.29. The molecule has 1 aromatic rings. The largest absolute Gasteiger partial charge is 0.394 e. The number of aliphatic hydroxyl groups is 1. The van der Waals surface area contributed by atoms with E-state index in [4.69, 9.17) is 4.74 Å². The second-order valence-corrected chi connectivity index (χ2v) is 7.04. The number of aromatic nitrogens is 2. The molecule has 1 aromatic heterocycles. The third-order valence-corrected chi connectivity index (χ3v) is 5.20. The maximum Gasteiger partial charge on any atom is 0.254 e. The number of aliphatic hydroxyl groups excluding tert-OH is 1. The Morgan fingerprint density at radius 3 is 2.92 bits per heavy atom. The molecule has 3 rings (SSSR count). The molecule has 2 fully saturated rings. The Bertz CT molecular complexity index is 620. The lowest BCUT2D eigenvalue weighted by Crippen LogP contribution is -2.65. The zero-order chi connectivity index (χ0) is 17.3. The summed E-state index contributed by atoms with van der Waals surface area (Å²) in [7, 11) is 1.95. The average molecular weight is 334 g/mol. The highest BCUT2D eigenvalue weighted by Crippen LogP contribution is 2.37. The number of carbonyl (C=O) groups excluding carboxylic acids is 1. The number of morpholine rings is 1. The minimum Gasteiger partial charge on any atom is -0.394 e. The van der Waals surface area contributed by atoms with Crippen LogP contribution in [0.2, 0.25) is 0 Å². The Hall–Kier alpha value is -1.57. The van der Waals surface area contributed by atoms with Gasteiger partial charge in [-0.1, -0.05) is 0 Å². The standard InChI is InChI=1S/C17H26N4O3/c1-11-7-24-10-17(9-22,21(11)3)8-19-16(23)14-6-18-15(13-4-5-13)20-12(14)2/h6,11,13,22H,4-5,7-10H2,1-3H3,(H,19,23)/t11-,17+/m1/s1. The minimum atomic E-state index is -0.601. The van der Waals surface area contributed by atoms with Crippen LogP contribution in [0.4, 0.5) is 0 Å². The van der Waals surface area contributed by atoms with E-state index in [0.29, 0.717) is 36.9 Å². The van der Waals surface area contributed by atoms with Crippen molar-refractivity contribution in [1.82, 2.24) is 20.2 Å². The maximum atomic E-state index is 12.5. The molecule has 1 saturated heterocycles. The molecule has 7 heteroatoms. The summed E-state index contributed by atoms with van der Waals surface area (Å²) in [6.07, 6.45) is 3.88. The molecule has 0 bridgehead atoms. The van der Waals surface area contributed by atoms with Gasteiger partial charge in [0.25, 0.3) is 5.91 Å². The molecular formula is C17H26N4O3. The van der Waals surface area contributed by atoms with E-state index in [9.17, 15) is 9.90 Å². The van der Waals surface area contributed by atoms with Gasteiger partial charge in [-0.05, 0) is 33.7 Å². The number of amides is 1. The monoisotopic (exact) mass is 334 g/mol. The molecule has 132 valence electrons. The number of hydrogen-bond donors (Lipinski definition) is 2. The molecule has 0 aromatic carbocycles. The topological polar surface area (TPSA) is 87.6 Å². The Morgan fingerprint density at radius 2 is 2.29 bits per heavy atom. The molecule has 0 radical (unpaired) electrons. The first-order valence-corrected chi connectivity index (χ1v) is 8.50. The van der Waals surface area contributed by atoms with E-state index in [1.54, 1.807) is 6.20 Å². The van der Waals surface area contributed by atoms with Gasteiger partial charge in [-0.2, -0.15) is 0 Å². The van der Waals surface area contributed by atoms with Crippen LogP contribution >= 0.6 is 0 Å². The van der Waals surface area contributed by atoms with Crippen molar-refractivity contribution >= 4 is 5.91 Å². The van der Waals surface area contributed by atoms with E-state index in [2.05, 4.69) is 20.2 Å². The lowest BCUT2D eigenvalue weighted by Gasteiger charge is -2.47. The number of carbonyl (C=O) groups is 1. The first kappa shape index (κ1) is 17.3. The number of ether oxygens (including phenoxy) is 1. The summed E-state index contributed by atoms with van der Waals surface area (Å²) < 4.78 is 5.59. The zero-order valence-electron chi connectivity index (χ0n) is 14.6. The van der Waals surface area contributed by atoms with Crippen LogP contribution in [0.5, 0.6) is 0 Å². The van der Waals surface area contributed by atoms with Gasteiger partial charge in [0.2, 0.25) is 0 Å². The second-order valence-electron chi connectivity index (χ2n) is 7.04. The van der Waals surface area contributed by atoms with E-state index in [-0.39, 0.29) is 18.6 Å². The fraction of sp³-hybridized carbons (Fsp3) is 0.706. The Balaban J connectivity index is 1.68. The SMILES string of the molecule is Cc1nc(C2CC2)ncc1C(=O)NC[C@]1(CO)COC[C@@H](C)N1C. The summed E-state index contributed by atoms with van der Waals surface area (Å²) in [5, 5.41) is 12.8. The van der Waals surface area contributed by atoms with Crippen molar-refractivity contribution < 1.29 is 14.6 Å². The molecule has 1 aliphatic carbocycles. The smallest absolute Gasteiger partial charge is 0.254 e. The number of nitrogens with one attached hydrogen (secondary N) is 1. The van der Waals surface area contributed by atoms with Crippen LogP contribution in [0, 0.1) is 6.92 Å². The highest BCUT2D eigenvalue weighted by atomic mass is 16.5. The number of rotatable bonds is 5. The van der Waals surface area contributed by atoms with Crippen LogP contribution in [-0.2, 0) is 4.74 Å². The van der Waals surface area contributed by atoms with Gasteiger partial charge in [-0.15, -0.1) is 0 Å². The zero-order valence-corrected chi connectivity index (χ0v) is 14.6. The third-order valence-electron chi connectivity index (χ3n) is 5.20. The summed E-state index contributed by atoms with van der Waals surface area (Å²) in [6, 6.07) is 0.186. The summed E-state index contributed by atoms with van der Waals surface area (Å²) in [4.78, 5) is 23.4. The van der Waals surface area contributed by atoms with Gasteiger partial charge in [0.1, 0.15) is 5.82 Å². The number of nitrogens with zero attached hydrogens (tertiary/aromatic N) is 3. The maximum absolute atomic E-state index is 12.5. The van der Waals surface area contributed by atoms with Crippen molar-refractivity contribution in [3.8, 4) is 0 Å². The highest BCUT2D eigenvalue weighted by Gasteiger charge is 2.40. The molecule has 2 heterocycles. The summed E-state index contributed by atoms with van der Waals surface area (Å²) in [5.41, 5.74) is 0.583. The van der Waals surface area contributed by atoms with Crippen LogP contribution in [0.3, 0.4) is 0 Å². The Kier molecular flexibility index (Phi) is 4.85. The first-order valence-electron chi connectivity index (χ1n) is 8.50. The van der Waals surface area contributed by atoms with Crippen LogP contribution in [-0.4, -0.2) is 70.9 Å². The van der Waals surface area contributed by atoms with Crippen LogP contribution < -0.4 is 5.32 Å². The molecular weight excluding hydrogens is 308 g/mol. The molecule has 2 aliphatic rings. The fourth-order valence-corrected chi connectivity index (χ4v) is 3.08. The Morgan fingerprint density at radius 1 is 1.54 bits per heavy atom. The van der Waals surface area contributed by atoms with Gasteiger partial charge in [-0.25, -0.2) is 9.97 Å². The van der Waals surface area contributed by atoms with Crippen molar-refractivity contribution in [2.75, 3.05) is 33.4 Å². The van der Waals surface area contributed by atoms with E-state index in [1.807, 2.05) is 20.9 Å². The van der Waals surface area contributed by atoms with Crippen molar-refractivity contribution in [2.24, 2.45) is 0 Å². The first-order chi connectivity index (χ1) is 11.5. The van der Waals surface area contributed by atoms with Crippen LogP contribution in [0.15, 0.2) is 6.20 Å². The van der Waals surface area contributed by atoms with Gasteiger partial charge in [0, 0.05) is 24.7 Å². The molecule has 1 saturated carbocycles. The average Bonchev–Trinajstić information content (AvgIpc) is 3.41. The summed E-state index contributed by atoms with van der Waals surface area (Å²) in [6.45, 7) is 5.13. The number of likely N-dealkylation sites (N-methyl/N-ethyl adjacent to an activating group) is 1. The molecule has 0 unspecified atom stereocenters. The van der Waals surface area contributed by atoms with Crippen molar-refractivity contribution in [3.63, 3.8) is 0 Å². The van der Waals surface area contributed by atoms with Crippen molar-refractivity contribution in [2.45, 2.75) is 44.2 Å².